The van der Waals surface area contributed by atoms with Crippen molar-refractivity contribution in [3.05, 3.63) is 48.6 Å². The maximum absolute atomic E-state index is 13.0. The number of phosphoric ester groups is 1. The predicted octanol–water partition coefficient (Wildman–Crippen LogP) is 20.5. The van der Waals surface area contributed by atoms with Crippen LogP contribution in [-0.2, 0) is 42.2 Å². The minimum atomic E-state index is -4.76. The number of aliphatic hydroxyl groups is 1. The van der Waals surface area contributed by atoms with Gasteiger partial charge in [-0.25, -0.2) is 4.57 Å². The number of hydrogen-bond donors (Lipinski definition) is 2. The van der Waals surface area contributed by atoms with E-state index in [1.54, 1.807) is 0 Å². The van der Waals surface area contributed by atoms with Gasteiger partial charge in [-0.1, -0.05) is 275 Å². The van der Waals surface area contributed by atoms with E-state index in [1.807, 2.05) is 0 Å². The number of allylic oxidation sites excluding steroid dienone is 8. The highest BCUT2D eigenvalue weighted by Gasteiger charge is 2.28. The van der Waals surface area contributed by atoms with Crippen molar-refractivity contribution in [2.45, 2.75) is 341 Å². The fourth-order valence-corrected chi connectivity index (χ4v) is 10.4. The molecule has 0 amide bonds. The number of phosphoric acid groups is 1. The van der Waals surface area contributed by atoms with Gasteiger partial charge >= 0.3 is 25.7 Å². The van der Waals surface area contributed by atoms with Gasteiger partial charge in [0.05, 0.1) is 19.8 Å². The molecule has 12 heteroatoms. The molecule has 0 aliphatic rings. The molecule has 0 aliphatic carbocycles. The summed E-state index contributed by atoms with van der Waals surface area (Å²) in [6.45, 7) is 4.66. The molecule has 80 heavy (non-hydrogen) atoms. The minimum absolute atomic E-state index is 0.165. The van der Waals surface area contributed by atoms with Crippen molar-refractivity contribution in [2.75, 3.05) is 26.4 Å². The third kappa shape index (κ3) is 60.0. The Bertz CT molecular complexity index is 1530. The Hall–Kier alpha value is -2.56. The van der Waals surface area contributed by atoms with E-state index in [1.165, 1.54) is 180 Å². The van der Waals surface area contributed by atoms with Gasteiger partial charge in [0.1, 0.15) is 12.7 Å². The molecule has 0 bridgehead atoms. The monoisotopic (exact) mass is 1150 g/mol. The van der Waals surface area contributed by atoms with Gasteiger partial charge in [0.25, 0.3) is 0 Å². The first kappa shape index (κ1) is 77.4. The lowest BCUT2D eigenvalue weighted by atomic mass is 10.0. The number of esters is 3. The van der Waals surface area contributed by atoms with Crippen LogP contribution in [0, 0.1) is 0 Å². The Kier molecular flexibility index (Phi) is 60.5. The zero-order valence-corrected chi connectivity index (χ0v) is 53.0. The maximum atomic E-state index is 13.0. The molecule has 0 rings (SSSR count). The zero-order valence-electron chi connectivity index (χ0n) is 52.1. The molecule has 0 spiro atoms. The standard InChI is InChI=1S/C68H125O11P/c1-4-7-10-13-16-19-22-25-28-31-32-35-38-41-44-47-50-53-56-59-68(72)79-65(61-75-66(70)57-54-51-48-45-42-39-36-33-29-26-23-20-17-14-11-8-5-2)63-77-80(73,74)76-62-64(60-69)78-67(71)58-55-52-49-46-43-40-37-34-30-27-24-21-18-15-12-9-6-3/h16,18-19,21,25,27-28,30,64-65,69H,4-15,17,20,22-24,26,29,31-63H2,1-3H3,(H,73,74)/b19-16-,21-18-,28-25-,30-27-. The van der Waals surface area contributed by atoms with E-state index in [0.29, 0.717) is 19.3 Å². The lowest BCUT2D eigenvalue weighted by Gasteiger charge is -2.21. The summed E-state index contributed by atoms with van der Waals surface area (Å²) < 4.78 is 39.8. The summed E-state index contributed by atoms with van der Waals surface area (Å²) in [6.07, 6.45) is 69.1. The van der Waals surface area contributed by atoms with Gasteiger partial charge in [0.15, 0.2) is 6.10 Å². The second kappa shape index (κ2) is 62.5. The third-order valence-corrected chi connectivity index (χ3v) is 15.7. The van der Waals surface area contributed by atoms with E-state index in [9.17, 15) is 28.9 Å². The summed E-state index contributed by atoms with van der Waals surface area (Å²) in [5.74, 6) is -1.45. The number of carbonyl (C=O) groups is 3. The van der Waals surface area contributed by atoms with Gasteiger partial charge in [-0.15, -0.1) is 0 Å². The van der Waals surface area contributed by atoms with Crippen LogP contribution in [-0.4, -0.2) is 66.5 Å². The molecule has 0 fully saturated rings. The van der Waals surface area contributed by atoms with Gasteiger partial charge in [-0.3, -0.25) is 23.4 Å². The predicted molar refractivity (Wildman–Crippen MR) is 335 cm³/mol. The molecule has 0 aromatic heterocycles. The Morgan fingerprint density at radius 1 is 0.350 bits per heavy atom. The van der Waals surface area contributed by atoms with Crippen LogP contribution < -0.4 is 0 Å². The largest absolute Gasteiger partial charge is 0.472 e. The molecular formula is C68H125O11P. The van der Waals surface area contributed by atoms with Crippen LogP contribution in [0.5, 0.6) is 0 Å². The number of carbonyl (C=O) groups excluding carboxylic acids is 3. The van der Waals surface area contributed by atoms with Crippen LogP contribution >= 0.6 is 7.82 Å². The van der Waals surface area contributed by atoms with Gasteiger partial charge in [-0.2, -0.15) is 0 Å². The SMILES string of the molecule is CCCCC/C=C\C/C=C\CCCCCCCCCCCC(=O)OC(COC(=O)CCCCCCCCCCCCCCCCCCC)COP(=O)(O)OCC(CO)OC(=O)CCCCCCCCC/C=C\C/C=C\CCCCC. The summed E-state index contributed by atoms with van der Waals surface area (Å²) in [4.78, 5) is 48.8. The maximum Gasteiger partial charge on any atom is 0.472 e. The van der Waals surface area contributed by atoms with Crippen LogP contribution in [0.15, 0.2) is 48.6 Å². The number of hydrogen-bond acceptors (Lipinski definition) is 10. The van der Waals surface area contributed by atoms with Crippen LogP contribution in [0.3, 0.4) is 0 Å². The van der Waals surface area contributed by atoms with E-state index in [2.05, 4.69) is 69.4 Å². The quantitative estimate of drug-likeness (QED) is 0.0197. The second-order valence-corrected chi connectivity index (χ2v) is 24.1. The molecule has 0 aromatic rings. The van der Waals surface area contributed by atoms with E-state index >= 15 is 0 Å². The van der Waals surface area contributed by atoms with Crippen molar-refractivity contribution in [3.8, 4) is 0 Å². The van der Waals surface area contributed by atoms with Gasteiger partial charge < -0.3 is 24.2 Å². The van der Waals surface area contributed by atoms with Gasteiger partial charge in [-0.05, 0) is 83.5 Å². The first-order valence-corrected chi connectivity index (χ1v) is 35.0. The van der Waals surface area contributed by atoms with Gasteiger partial charge in [0, 0.05) is 19.3 Å². The summed E-state index contributed by atoms with van der Waals surface area (Å²) in [5.41, 5.74) is 0. The number of aliphatic hydroxyl groups excluding tert-OH is 1. The lowest BCUT2D eigenvalue weighted by molar-refractivity contribution is -0.161. The van der Waals surface area contributed by atoms with E-state index in [4.69, 9.17) is 23.3 Å². The average Bonchev–Trinajstić information content (AvgIpc) is 3.45. The third-order valence-electron chi connectivity index (χ3n) is 14.7. The second-order valence-electron chi connectivity index (χ2n) is 22.6. The van der Waals surface area contributed by atoms with Crippen LogP contribution in [0.1, 0.15) is 329 Å². The number of rotatable bonds is 63. The fraction of sp³-hybridized carbons (Fsp3) is 0.838. The minimum Gasteiger partial charge on any atom is -0.462 e. The molecular weight excluding hydrogens is 1020 g/mol. The molecule has 0 saturated heterocycles. The molecule has 468 valence electrons. The Balaban J connectivity index is 4.67. The summed E-state index contributed by atoms with van der Waals surface area (Å²) in [7, 11) is -4.76. The smallest absolute Gasteiger partial charge is 0.462 e. The van der Waals surface area contributed by atoms with Gasteiger partial charge in [0.2, 0.25) is 0 Å². The fourth-order valence-electron chi connectivity index (χ4n) is 9.60. The van der Waals surface area contributed by atoms with Crippen LogP contribution in [0.2, 0.25) is 0 Å². The summed E-state index contributed by atoms with van der Waals surface area (Å²) in [5, 5.41) is 9.86. The molecule has 0 radical (unpaired) electrons. The van der Waals surface area contributed by atoms with Crippen LogP contribution in [0.4, 0.5) is 0 Å². The number of unbranched alkanes of at least 4 members (excludes halogenated alkanes) is 38. The molecule has 3 atom stereocenters. The average molecular weight is 1150 g/mol. The molecule has 11 nitrogen and oxygen atoms in total. The van der Waals surface area contributed by atoms with Crippen molar-refractivity contribution < 1.29 is 52.2 Å². The highest BCUT2D eigenvalue weighted by Crippen LogP contribution is 2.43. The number of ether oxygens (including phenoxy) is 3. The van der Waals surface area contributed by atoms with Crippen molar-refractivity contribution in [1.29, 1.82) is 0 Å². The Labute approximate surface area is 492 Å². The van der Waals surface area contributed by atoms with Crippen molar-refractivity contribution in [2.24, 2.45) is 0 Å². The molecule has 0 aromatic carbocycles. The van der Waals surface area contributed by atoms with Crippen molar-refractivity contribution in [3.63, 3.8) is 0 Å². The highest BCUT2D eigenvalue weighted by atomic mass is 31.2. The Morgan fingerprint density at radius 3 is 0.950 bits per heavy atom. The Morgan fingerprint density at radius 2 is 0.613 bits per heavy atom. The first-order chi connectivity index (χ1) is 39.2. The molecule has 0 heterocycles. The molecule has 0 aliphatic heterocycles. The molecule has 2 N–H and O–H groups in total. The molecule has 0 saturated carbocycles. The van der Waals surface area contributed by atoms with E-state index in [0.717, 1.165) is 89.9 Å². The van der Waals surface area contributed by atoms with E-state index in [-0.39, 0.29) is 25.9 Å². The lowest BCUT2D eigenvalue weighted by Crippen LogP contribution is -2.30. The van der Waals surface area contributed by atoms with Crippen molar-refractivity contribution in [1.82, 2.24) is 0 Å². The van der Waals surface area contributed by atoms with Crippen molar-refractivity contribution >= 4 is 25.7 Å². The van der Waals surface area contributed by atoms with E-state index < -0.39 is 57.8 Å². The normalized spacial score (nSPS) is 13.5. The summed E-state index contributed by atoms with van der Waals surface area (Å²) >= 11 is 0. The topological polar surface area (TPSA) is 155 Å². The highest BCUT2D eigenvalue weighted by molar-refractivity contribution is 7.47. The zero-order chi connectivity index (χ0) is 58.3. The summed E-state index contributed by atoms with van der Waals surface area (Å²) in [6, 6.07) is 0. The van der Waals surface area contributed by atoms with Crippen LogP contribution in [0.25, 0.3) is 0 Å². The first-order valence-electron chi connectivity index (χ1n) is 33.5. The molecule has 3 unspecified atom stereocenters.